The molecule has 22 heavy (non-hydrogen) atoms. The summed E-state index contributed by atoms with van der Waals surface area (Å²) in [5.41, 5.74) is -0.606. The second-order valence-corrected chi connectivity index (χ2v) is 8.17. The Balaban J connectivity index is 1.85. The molecule has 5 atom stereocenters. The number of esters is 2. The van der Waals surface area contributed by atoms with Crippen molar-refractivity contribution in [3.63, 3.8) is 0 Å². The van der Waals surface area contributed by atoms with Gasteiger partial charge in [0.1, 0.15) is 18.8 Å². The minimum Gasteiger partial charge on any atom is -0.462 e. The van der Waals surface area contributed by atoms with Crippen LogP contribution < -0.4 is 0 Å². The van der Waals surface area contributed by atoms with Crippen LogP contribution in [-0.4, -0.2) is 52.0 Å². The third-order valence-corrected chi connectivity index (χ3v) is 4.78. The molecule has 124 valence electrons. The highest BCUT2D eigenvalue weighted by atomic mass is 127. The lowest BCUT2D eigenvalue weighted by Crippen LogP contribution is -2.38. The number of rotatable bonds is 4. The molecule has 7 heteroatoms. The maximum atomic E-state index is 11.7. The SMILES string of the molecule is CC(C)(C)C(=O)OC[C@@H](O)[C@@H]1O[C@@H]([C@H]2C=CC(=O)O2)C[C@@H]1I. The average Bonchev–Trinajstić information content (AvgIpc) is 3.00. The van der Waals surface area contributed by atoms with Gasteiger partial charge < -0.3 is 19.3 Å². The first-order valence-electron chi connectivity index (χ1n) is 7.22. The molecule has 0 unspecified atom stereocenters. The summed E-state index contributed by atoms with van der Waals surface area (Å²) in [6.45, 7) is 5.16. The van der Waals surface area contributed by atoms with Crippen molar-refractivity contribution < 1.29 is 28.9 Å². The summed E-state index contributed by atoms with van der Waals surface area (Å²) in [6.07, 6.45) is 1.68. The van der Waals surface area contributed by atoms with Crippen molar-refractivity contribution in [1.82, 2.24) is 0 Å². The van der Waals surface area contributed by atoms with E-state index < -0.39 is 23.7 Å². The highest BCUT2D eigenvalue weighted by molar-refractivity contribution is 14.1. The number of hydrogen-bond acceptors (Lipinski definition) is 6. The third-order valence-electron chi connectivity index (χ3n) is 3.56. The molecule has 6 nitrogen and oxygen atoms in total. The van der Waals surface area contributed by atoms with Crippen molar-refractivity contribution in [3.8, 4) is 0 Å². The van der Waals surface area contributed by atoms with E-state index in [1.165, 1.54) is 6.08 Å². The number of ether oxygens (including phenoxy) is 3. The van der Waals surface area contributed by atoms with E-state index >= 15 is 0 Å². The van der Waals surface area contributed by atoms with Crippen LogP contribution in [0, 0.1) is 5.41 Å². The van der Waals surface area contributed by atoms with Gasteiger partial charge in [0.2, 0.25) is 0 Å². The standard InChI is InChI=1S/C15H21IO6/c1-15(2,3)14(19)20-7-9(17)13-8(16)6-11(22-13)10-4-5-12(18)21-10/h4-5,8-11,13,17H,6-7H2,1-3H3/t8-,9+,10+,11+,13+/m0/s1. The quantitative estimate of drug-likeness (QED) is 0.417. The van der Waals surface area contributed by atoms with Crippen molar-refractivity contribution in [3.05, 3.63) is 12.2 Å². The maximum absolute atomic E-state index is 11.7. The van der Waals surface area contributed by atoms with Gasteiger partial charge in [-0.1, -0.05) is 22.6 Å². The molecule has 0 aromatic rings. The van der Waals surface area contributed by atoms with Crippen LogP contribution in [0.4, 0.5) is 0 Å². The summed E-state index contributed by atoms with van der Waals surface area (Å²) in [4.78, 5) is 22.8. The molecule has 2 aliphatic heterocycles. The molecular weight excluding hydrogens is 403 g/mol. The number of cyclic esters (lactones) is 1. The number of carbonyl (C=O) groups excluding carboxylic acids is 2. The number of carbonyl (C=O) groups is 2. The lowest BCUT2D eigenvalue weighted by atomic mass is 9.97. The molecule has 2 heterocycles. The Morgan fingerprint density at radius 3 is 2.77 bits per heavy atom. The van der Waals surface area contributed by atoms with E-state index in [-0.39, 0.29) is 28.6 Å². The van der Waals surface area contributed by atoms with Gasteiger partial charge in [0.25, 0.3) is 0 Å². The monoisotopic (exact) mass is 424 g/mol. The Hall–Kier alpha value is -0.670. The Kier molecular flexibility index (Phi) is 5.50. The van der Waals surface area contributed by atoms with Gasteiger partial charge >= 0.3 is 11.9 Å². The van der Waals surface area contributed by atoms with Gasteiger partial charge in [-0.25, -0.2) is 4.79 Å². The number of hydrogen-bond donors (Lipinski definition) is 1. The lowest BCUT2D eigenvalue weighted by Gasteiger charge is -2.24. The molecule has 0 aliphatic carbocycles. The van der Waals surface area contributed by atoms with Crippen LogP contribution >= 0.6 is 22.6 Å². The van der Waals surface area contributed by atoms with Gasteiger partial charge in [-0.05, 0) is 33.3 Å². The maximum Gasteiger partial charge on any atom is 0.331 e. The normalized spacial score (nSPS) is 32.9. The molecule has 2 aliphatic rings. The molecule has 0 saturated carbocycles. The number of halogens is 1. The Morgan fingerprint density at radius 1 is 1.55 bits per heavy atom. The molecule has 2 rings (SSSR count). The molecule has 1 fully saturated rings. The molecule has 0 radical (unpaired) electrons. The molecule has 0 aromatic heterocycles. The van der Waals surface area contributed by atoms with Crippen LogP contribution in [0.2, 0.25) is 0 Å². The molecule has 1 saturated heterocycles. The zero-order chi connectivity index (χ0) is 16.5. The van der Waals surface area contributed by atoms with E-state index in [1.54, 1.807) is 26.8 Å². The number of alkyl halides is 1. The summed E-state index contributed by atoms with van der Waals surface area (Å²) < 4.78 is 16.1. The summed E-state index contributed by atoms with van der Waals surface area (Å²) in [5.74, 6) is -0.736. The third kappa shape index (κ3) is 4.20. The minimum absolute atomic E-state index is 0.0543. The molecule has 1 N–H and O–H groups in total. The van der Waals surface area contributed by atoms with Crippen LogP contribution in [0.3, 0.4) is 0 Å². The fourth-order valence-electron chi connectivity index (χ4n) is 2.30. The first kappa shape index (κ1) is 17.7. The van der Waals surface area contributed by atoms with Gasteiger partial charge in [0.05, 0.1) is 17.6 Å². The first-order chi connectivity index (χ1) is 10.2. The van der Waals surface area contributed by atoms with E-state index in [4.69, 9.17) is 14.2 Å². The lowest BCUT2D eigenvalue weighted by molar-refractivity contribution is -0.160. The topological polar surface area (TPSA) is 82.1 Å². The van der Waals surface area contributed by atoms with Crippen LogP contribution in [-0.2, 0) is 23.8 Å². The van der Waals surface area contributed by atoms with Gasteiger partial charge in [0, 0.05) is 10.0 Å². The predicted octanol–water partition coefficient (Wildman–Crippen LogP) is 1.38. The van der Waals surface area contributed by atoms with Crippen molar-refractivity contribution in [1.29, 1.82) is 0 Å². The highest BCUT2D eigenvalue weighted by Crippen LogP contribution is 2.33. The van der Waals surface area contributed by atoms with Crippen LogP contribution in [0.25, 0.3) is 0 Å². The second-order valence-electron chi connectivity index (χ2n) is 6.57. The second kappa shape index (κ2) is 6.84. The predicted molar refractivity (Wildman–Crippen MR) is 86.5 cm³/mol. The van der Waals surface area contributed by atoms with Crippen molar-refractivity contribution >= 4 is 34.5 Å². The van der Waals surface area contributed by atoms with Crippen LogP contribution in [0.1, 0.15) is 27.2 Å². The Labute approximate surface area is 143 Å². The van der Waals surface area contributed by atoms with Gasteiger partial charge in [0.15, 0.2) is 0 Å². The minimum atomic E-state index is -0.903. The summed E-state index contributed by atoms with van der Waals surface area (Å²) in [5, 5.41) is 10.2. The summed E-state index contributed by atoms with van der Waals surface area (Å²) in [6, 6.07) is 0. The average molecular weight is 424 g/mol. The molecule has 0 amide bonds. The molecular formula is C15H21IO6. The van der Waals surface area contributed by atoms with Crippen LogP contribution in [0.5, 0.6) is 0 Å². The van der Waals surface area contributed by atoms with E-state index in [1.807, 2.05) is 0 Å². The van der Waals surface area contributed by atoms with E-state index in [0.29, 0.717) is 6.42 Å². The van der Waals surface area contributed by atoms with Crippen molar-refractivity contribution in [2.24, 2.45) is 5.41 Å². The van der Waals surface area contributed by atoms with E-state index in [9.17, 15) is 14.7 Å². The van der Waals surface area contributed by atoms with Gasteiger partial charge in [-0.15, -0.1) is 0 Å². The van der Waals surface area contributed by atoms with Crippen LogP contribution in [0.15, 0.2) is 12.2 Å². The van der Waals surface area contributed by atoms with Crippen molar-refractivity contribution in [2.45, 2.75) is 55.5 Å². The fourth-order valence-corrected chi connectivity index (χ4v) is 3.45. The smallest absolute Gasteiger partial charge is 0.331 e. The molecule has 0 aromatic carbocycles. The zero-order valence-corrected chi connectivity index (χ0v) is 15.0. The molecule has 0 bridgehead atoms. The highest BCUT2D eigenvalue weighted by Gasteiger charge is 2.43. The summed E-state index contributed by atoms with van der Waals surface area (Å²) in [7, 11) is 0. The Morgan fingerprint density at radius 2 is 2.23 bits per heavy atom. The number of aliphatic hydroxyl groups is 1. The van der Waals surface area contributed by atoms with Crippen molar-refractivity contribution in [2.75, 3.05) is 6.61 Å². The van der Waals surface area contributed by atoms with Gasteiger partial charge in [-0.3, -0.25) is 4.79 Å². The van der Waals surface area contributed by atoms with E-state index in [2.05, 4.69) is 22.6 Å². The summed E-state index contributed by atoms with van der Waals surface area (Å²) >= 11 is 2.20. The zero-order valence-electron chi connectivity index (χ0n) is 12.8. The number of aliphatic hydroxyl groups excluding tert-OH is 1. The first-order valence-corrected chi connectivity index (χ1v) is 8.46. The Bertz CT molecular complexity index is 469. The fraction of sp³-hybridized carbons (Fsp3) is 0.733. The molecule has 0 spiro atoms. The largest absolute Gasteiger partial charge is 0.462 e. The van der Waals surface area contributed by atoms with E-state index in [0.717, 1.165) is 0 Å². The van der Waals surface area contributed by atoms with Gasteiger partial charge in [-0.2, -0.15) is 0 Å².